The van der Waals surface area contributed by atoms with E-state index in [1.165, 1.54) is 9.75 Å². The SMILES string of the molecule is CC[C@H](C)CN(CC(=O)N(Cc1ccccc1)Cc1ccc(C)s1)C(=O)C1CC1. The van der Waals surface area contributed by atoms with Gasteiger partial charge in [0.2, 0.25) is 11.8 Å². The number of carbonyl (C=O) groups is 2. The molecule has 0 radical (unpaired) electrons. The Hall–Kier alpha value is -2.14. The molecule has 0 bridgehead atoms. The Morgan fingerprint density at radius 2 is 1.79 bits per heavy atom. The van der Waals surface area contributed by atoms with Crippen molar-refractivity contribution in [2.24, 2.45) is 11.8 Å². The topological polar surface area (TPSA) is 40.6 Å². The molecule has 5 heteroatoms. The third-order valence-electron chi connectivity index (χ3n) is 5.51. The highest BCUT2D eigenvalue weighted by atomic mass is 32.1. The molecule has 0 aliphatic heterocycles. The zero-order valence-electron chi connectivity index (χ0n) is 17.8. The van der Waals surface area contributed by atoms with Crippen molar-refractivity contribution in [1.82, 2.24) is 9.80 Å². The van der Waals surface area contributed by atoms with Crippen LogP contribution in [0.5, 0.6) is 0 Å². The highest BCUT2D eigenvalue weighted by Gasteiger charge is 2.35. The van der Waals surface area contributed by atoms with Crippen LogP contribution in [-0.2, 0) is 22.7 Å². The number of thiophene rings is 1. The Balaban J connectivity index is 1.74. The summed E-state index contributed by atoms with van der Waals surface area (Å²) < 4.78 is 0. The molecule has 156 valence electrons. The summed E-state index contributed by atoms with van der Waals surface area (Å²) >= 11 is 1.72. The predicted octanol–water partition coefficient (Wildman–Crippen LogP) is 4.87. The van der Waals surface area contributed by atoms with Gasteiger partial charge in [-0.1, -0.05) is 50.6 Å². The summed E-state index contributed by atoms with van der Waals surface area (Å²) in [6, 6.07) is 14.3. The van der Waals surface area contributed by atoms with E-state index < -0.39 is 0 Å². The van der Waals surface area contributed by atoms with Crippen LogP contribution in [0.15, 0.2) is 42.5 Å². The van der Waals surface area contributed by atoms with Crippen molar-refractivity contribution in [3.63, 3.8) is 0 Å². The molecule has 2 amide bonds. The molecule has 1 aromatic carbocycles. The summed E-state index contributed by atoms with van der Waals surface area (Å²) in [5, 5.41) is 0. The van der Waals surface area contributed by atoms with Crippen molar-refractivity contribution in [2.45, 2.75) is 53.1 Å². The van der Waals surface area contributed by atoms with Gasteiger partial charge in [-0.25, -0.2) is 0 Å². The van der Waals surface area contributed by atoms with Crippen molar-refractivity contribution >= 4 is 23.2 Å². The number of hydrogen-bond donors (Lipinski definition) is 0. The van der Waals surface area contributed by atoms with E-state index in [-0.39, 0.29) is 24.3 Å². The first kappa shape index (κ1) is 21.6. The Kier molecular flexibility index (Phi) is 7.48. The van der Waals surface area contributed by atoms with E-state index in [1.54, 1.807) is 11.3 Å². The molecule has 1 aliphatic carbocycles. The van der Waals surface area contributed by atoms with Gasteiger partial charge in [0.1, 0.15) is 0 Å². The summed E-state index contributed by atoms with van der Waals surface area (Å²) in [5.74, 6) is 0.713. The fourth-order valence-electron chi connectivity index (χ4n) is 3.38. The number of nitrogens with zero attached hydrogens (tertiary/aromatic N) is 2. The first-order valence-electron chi connectivity index (χ1n) is 10.6. The molecule has 1 fully saturated rings. The third-order valence-corrected chi connectivity index (χ3v) is 6.49. The molecule has 2 aromatic rings. The van der Waals surface area contributed by atoms with E-state index in [2.05, 4.69) is 32.9 Å². The van der Waals surface area contributed by atoms with Crippen LogP contribution in [0.25, 0.3) is 0 Å². The van der Waals surface area contributed by atoms with E-state index in [0.717, 1.165) is 24.8 Å². The van der Waals surface area contributed by atoms with Gasteiger partial charge in [-0.2, -0.15) is 0 Å². The summed E-state index contributed by atoms with van der Waals surface area (Å²) in [4.78, 5) is 32.2. The average molecular weight is 413 g/mol. The highest BCUT2D eigenvalue weighted by Crippen LogP contribution is 2.31. The zero-order chi connectivity index (χ0) is 20.8. The Bertz CT molecular complexity index is 813. The second kappa shape index (κ2) is 10.1. The van der Waals surface area contributed by atoms with Crippen LogP contribution in [0, 0.1) is 18.8 Å². The second-order valence-electron chi connectivity index (χ2n) is 8.25. The molecule has 1 heterocycles. The van der Waals surface area contributed by atoms with Crippen LogP contribution < -0.4 is 0 Å². The minimum Gasteiger partial charge on any atom is -0.333 e. The van der Waals surface area contributed by atoms with Gasteiger partial charge in [-0.3, -0.25) is 9.59 Å². The van der Waals surface area contributed by atoms with Gasteiger partial charge in [0.25, 0.3) is 0 Å². The number of benzene rings is 1. The number of hydrogen-bond acceptors (Lipinski definition) is 3. The molecule has 0 unspecified atom stereocenters. The van der Waals surface area contributed by atoms with Crippen LogP contribution in [0.3, 0.4) is 0 Å². The van der Waals surface area contributed by atoms with E-state index in [9.17, 15) is 9.59 Å². The van der Waals surface area contributed by atoms with Crippen LogP contribution in [0.1, 0.15) is 48.4 Å². The van der Waals surface area contributed by atoms with Gasteiger partial charge in [-0.05, 0) is 43.4 Å². The van der Waals surface area contributed by atoms with E-state index in [0.29, 0.717) is 25.6 Å². The van der Waals surface area contributed by atoms with Crippen molar-refractivity contribution in [1.29, 1.82) is 0 Å². The number of aryl methyl sites for hydroxylation is 1. The molecular weight excluding hydrogens is 380 g/mol. The first-order chi connectivity index (χ1) is 14.0. The predicted molar refractivity (Wildman–Crippen MR) is 119 cm³/mol. The van der Waals surface area contributed by atoms with Crippen LogP contribution >= 0.6 is 11.3 Å². The first-order valence-corrected chi connectivity index (χ1v) is 11.4. The second-order valence-corrected chi connectivity index (χ2v) is 9.63. The fourth-order valence-corrected chi connectivity index (χ4v) is 4.29. The number of rotatable bonds is 10. The van der Waals surface area contributed by atoms with Gasteiger partial charge in [0.15, 0.2) is 0 Å². The van der Waals surface area contributed by atoms with Crippen molar-refractivity contribution in [3.05, 3.63) is 57.8 Å². The van der Waals surface area contributed by atoms with Crippen molar-refractivity contribution < 1.29 is 9.59 Å². The standard InChI is InChI=1S/C24H32N2O2S/c1-4-18(2)14-26(24(28)21-11-12-21)17-23(27)25(15-20-8-6-5-7-9-20)16-22-13-10-19(3)29-22/h5-10,13,18,21H,4,11-12,14-17H2,1-3H3/t18-/m0/s1. The maximum absolute atomic E-state index is 13.3. The Morgan fingerprint density at radius 3 is 2.38 bits per heavy atom. The molecule has 29 heavy (non-hydrogen) atoms. The van der Waals surface area contributed by atoms with E-state index >= 15 is 0 Å². The fraction of sp³-hybridized carbons (Fsp3) is 0.500. The van der Waals surface area contributed by atoms with Gasteiger partial charge >= 0.3 is 0 Å². The molecule has 0 spiro atoms. The van der Waals surface area contributed by atoms with Gasteiger partial charge < -0.3 is 9.80 Å². The summed E-state index contributed by atoms with van der Waals surface area (Å²) in [6.45, 7) is 8.35. The van der Waals surface area contributed by atoms with Crippen molar-refractivity contribution in [3.8, 4) is 0 Å². The van der Waals surface area contributed by atoms with Gasteiger partial charge in [-0.15, -0.1) is 11.3 Å². The van der Waals surface area contributed by atoms with E-state index in [4.69, 9.17) is 0 Å². The van der Waals surface area contributed by atoms with E-state index in [1.807, 2.05) is 40.1 Å². The maximum atomic E-state index is 13.3. The minimum absolute atomic E-state index is 0.0252. The molecule has 1 aromatic heterocycles. The largest absolute Gasteiger partial charge is 0.333 e. The van der Waals surface area contributed by atoms with Crippen LogP contribution in [-0.4, -0.2) is 34.7 Å². The maximum Gasteiger partial charge on any atom is 0.242 e. The molecule has 3 rings (SSSR count). The molecule has 1 aliphatic rings. The minimum atomic E-state index is 0.0252. The molecule has 0 saturated heterocycles. The zero-order valence-corrected chi connectivity index (χ0v) is 18.6. The smallest absolute Gasteiger partial charge is 0.242 e. The lowest BCUT2D eigenvalue weighted by Gasteiger charge is -2.29. The quantitative estimate of drug-likeness (QED) is 0.559. The lowest BCUT2D eigenvalue weighted by molar-refractivity contribution is -0.142. The summed E-state index contributed by atoms with van der Waals surface area (Å²) in [7, 11) is 0. The normalized spacial score (nSPS) is 14.4. The molecule has 1 atom stereocenters. The van der Waals surface area contributed by atoms with Gasteiger partial charge in [0, 0.05) is 28.8 Å². The molecule has 1 saturated carbocycles. The Morgan fingerprint density at radius 1 is 1.07 bits per heavy atom. The Labute approximate surface area is 178 Å². The lowest BCUT2D eigenvalue weighted by atomic mass is 10.1. The highest BCUT2D eigenvalue weighted by molar-refractivity contribution is 7.11. The summed E-state index contributed by atoms with van der Waals surface area (Å²) in [5.41, 5.74) is 1.11. The van der Waals surface area contributed by atoms with Crippen molar-refractivity contribution in [2.75, 3.05) is 13.1 Å². The molecule has 0 N–H and O–H groups in total. The molecule has 4 nitrogen and oxygen atoms in total. The number of carbonyl (C=O) groups excluding carboxylic acids is 2. The monoisotopic (exact) mass is 412 g/mol. The van der Waals surface area contributed by atoms with Crippen LogP contribution in [0.4, 0.5) is 0 Å². The average Bonchev–Trinajstić information content (AvgIpc) is 3.49. The number of amides is 2. The van der Waals surface area contributed by atoms with Crippen LogP contribution in [0.2, 0.25) is 0 Å². The van der Waals surface area contributed by atoms with Gasteiger partial charge in [0.05, 0.1) is 13.1 Å². The lowest BCUT2D eigenvalue weighted by Crippen LogP contribution is -2.44. The summed E-state index contributed by atoms with van der Waals surface area (Å²) in [6.07, 6.45) is 2.93. The molecular formula is C24H32N2O2S. The third kappa shape index (κ3) is 6.43.